The number of ether oxygens (including phenoxy) is 1. The molecule has 0 radical (unpaired) electrons. The summed E-state index contributed by atoms with van der Waals surface area (Å²) >= 11 is 0. The summed E-state index contributed by atoms with van der Waals surface area (Å²) in [5.74, 6) is 3.00. The highest BCUT2D eigenvalue weighted by Gasteiger charge is 2.20. The number of carbonyl (C=O) groups excluding carboxylic acids is 1. The molecule has 1 saturated carbocycles. The first-order valence-corrected chi connectivity index (χ1v) is 5.56. The molecule has 0 heterocycles. The molecule has 0 spiro atoms. The fourth-order valence-corrected chi connectivity index (χ4v) is 1.81. The summed E-state index contributed by atoms with van der Waals surface area (Å²) in [5, 5.41) is 2.82. The number of carbonyl (C=O) groups is 1. The maximum Gasteiger partial charge on any atom is 0.320 e. The van der Waals surface area contributed by atoms with Crippen molar-refractivity contribution in [2.75, 3.05) is 13.1 Å². The maximum absolute atomic E-state index is 11.3. The van der Waals surface area contributed by atoms with Crippen LogP contribution in [0.25, 0.3) is 0 Å². The summed E-state index contributed by atoms with van der Waals surface area (Å²) in [7, 11) is 0. The number of rotatable bonds is 4. The van der Waals surface area contributed by atoms with E-state index in [1.807, 2.05) is 0 Å². The molecule has 1 rings (SSSR count). The summed E-state index contributed by atoms with van der Waals surface area (Å²) < 4.78 is 5.32. The molecule has 0 amide bonds. The molecule has 0 aliphatic heterocycles. The minimum absolute atomic E-state index is 0.126. The van der Waals surface area contributed by atoms with E-state index in [1.165, 1.54) is 0 Å². The third-order valence-electron chi connectivity index (χ3n) is 2.76. The normalized spacial score (nSPS) is 25.6. The fraction of sp³-hybridized carbons (Fsp3) is 0.750. The second-order valence-electron chi connectivity index (χ2n) is 4.18. The summed E-state index contributed by atoms with van der Waals surface area (Å²) in [5.41, 5.74) is 0. The van der Waals surface area contributed by atoms with Crippen LogP contribution in [0.3, 0.4) is 0 Å². The monoisotopic (exact) mass is 209 g/mol. The molecule has 1 aliphatic rings. The molecule has 0 atom stereocenters. The van der Waals surface area contributed by atoms with Gasteiger partial charge >= 0.3 is 5.97 Å². The molecule has 3 heteroatoms. The van der Waals surface area contributed by atoms with Crippen molar-refractivity contribution < 1.29 is 9.53 Å². The zero-order valence-corrected chi connectivity index (χ0v) is 9.29. The molecule has 1 fully saturated rings. The van der Waals surface area contributed by atoms with Crippen molar-refractivity contribution in [1.29, 1.82) is 0 Å². The molecule has 1 N–H and O–H groups in total. The van der Waals surface area contributed by atoms with Crippen molar-refractivity contribution in [3.8, 4) is 12.3 Å². The molecule has 3 nitrogen and oxygen atoms in total. The Hall–Kier alpha value is -1.01. The van der Waals surface area contributed by atoms with Crippen LogP contribution in [0, 0.1) is 18.3 Å². The van der Waals surface area contributed by atoms with Gasteiger partial charge in [0, 0.05) is 0 Å². The molecule has 0 bridgehead atoms. The first-order chi connectivity index (χ1) is 7.22. The van der Waals surface area contributed by atoms with Crippen molar-refractivity contribution >= 4 is 5.97 Å². The minimum Gasteiger partial charge on any atom is -0.461 e. The Balaban J connectivity index is 2.13. The SMILES string of the molecule is C#CCNCC(=O)OC1CCC(C)CC1. The van der Waals surface area contributed by atoms with Gasteiger partial charge in [0.05, 0.1) is 13.1 Å². The number of hydrogen-bond donors (Lipinski definition) is 1. The molecule has 15 heavy (non-hydrogen) atoms. The number of hydrogen-bond acceptors (Lipinski definition) is 3. The lowest BCUT2D eigenvalue weighted by Gasteiger charge is -2.25. The van der Waals surface area contributed by atoms with Crippen molar-refractivity contribution in [3.05, 3.63) is 0 Å². The number of esters is 1. The first-order valence-electron chi connectivity index (χ1n) is 5.56. The van der Waals surface area contributed by atoms with Gasteiger partial charge in [-0.2, -0.15) is 0 Å². The van der Waals surface area contributed by atoms with Gasteiger partial charge in [0.25, 0.3) is 0 Å². The van der Waals surface area contributed by atoms with Crippen LogP contribution in [0.5, 0.6) is 0 Å². The van der Waals surface area contributed by atoms with Crippen LogP contribution in [-0.2, 0) is 9.53 Å². The van der Waals surface area contributed by atoms with Crippen LogP contribution in [0.15, 0.2) is 0 Å². The van der Waals surface area contributed by atoms with E-state index < -0.39 is 0 Å². The highest BCUT2D eigenvalue weighted by atomic mass is 16.5. The van der Waals surface area contributed by atoms with Gasteiger partial charge in [0.1, 0.15) is 6.10 Å². The van der Waals surface area contributed by atoms with Gasteiger partial charge in [0.15, 0.2) is 0 Å². The molecule has 0 saturated heterocycles. The summed E-state index contributed by atoms with van der Waals surface area (Å²) in [6.45, 7) is 2.87. The highest BCUT2D eigenvalue weighted by Crippen LogP contribution is 2.25. The zero-order valence-electron chi connectivity index (χ0n) is 9.29. The Morgan fingerprint density at radius 1 is 1.47 bits per heavy atom. The van der Waals surface area contributed by atoms with Crippen molar-refractivity contribution in [3.63, 3.8) is 0 Å². The molecule has 0 aromatic heterocycles. The largest absolute Gasteiger partial charge is 0.461 e. The van der Waals surface area contributed by atoms with Gasteiger partial charge in [-0.25, -0.2) is 0 Å². The maximum atomic E-state index is 11.3. The first kappa shape index (κ1) is 12.1. The lowest BCUT2D eigenvalue weighted by atomic mass is 9.89. The van der Waals surface area contributed by atoms with Gasteiger partial charge in [-0.05, 0) is 31.6 Å². The van der Waals surface area contributed by atoms with E-state index >= 15 is 0 Å². The summed E-state index contributed by atoms with van der Waals surface area (Å²) in [6, 6.07) is 0. The average Bonchev–Trinajstić information content (AvgIpc) is 2.22. The number of terminal acetylenes is 1. The topological polar surface area (TPSA) is 38.3 Å². The summed E-state index contributed by atoms with van der Waals surface area (Å²) in [4.78, 5) is 11.3. The van der Waals surface area contributed by atoms with Crippen LogP contribution in [0.2, 0.25) is 0 Å². The van der Waals surface area contributed by atoms with Crippen molar-refractivity contribution in [2.45, 2.75) is 38.7 Å². The molecular formula is C12H19NO2. The van der Waals surface area contributed by atoms with E-state index in [1.54, 1.807) is 0 Å². The predicted molar refractivity (Wildman–Crippen MR) is 59.2 cm³/mol. The van der Waals surface area contributed by atoms with Crippen LogP contribution in [-0.4, -0.2) is 25.2 Å². The van der Waals surface area contributed by atoms with Gasteiger partial charge in [-0.3, -0.25) is 10.1 Å². The second-order valence-corrected chi connectivity index (χ2v) is 4.18. The van der Waals surface area contributed by atoms with Crippen LogP contribution < -0.4 is 5.32 Å². The van der Waals surface area contributed by atoms with E-state index in [9.17, 15) is 4.79 Å². The van der Waals surface area contributed by atoms with Gasteiger partial charge in [0.2, 0.25) is 0 Å². The Kier molecular flexibility index (Phi) is 5.20. The molecule has 0 unspecified atom stereocenters. The van der Waals surface area contributed by atoms with Crippen LogP contribution in [0.1, 0.15) is 32.6 Å². The Morgan fingerprint density at radius 2 is 2.13 bits per heavy atom. The van der Waals surface area contributed by atoms with Gasteiger partial charge < -0.3 is 4.74 Å². The van der Waals surface area contributed by atoms with E-state index in [0.717, 1.165) is 31.6 Å². The molecule has 0 aromatic rings. The van der Waals surface area contributed by atoms with E-state index in [4.69, 9.17) is 11.2 Å². The third-order valence-corrected chi connectivity index (χ3v) is 2.76. The van der Waals surface area contributed by atoms with Crippen LogP contribution in [0.4, 0.5) is 0 Å². The van der Waals surface area contributed by atoms with Crippen molar-refractivity contribution in [1.82, 2.24) is 5.32 Å². The zero-order chi connectivity index (χ0) is 11.1. The van der Waals surface area contributed by atoms with Crippen molar-refractivity contribution in [2.24, 2.45) is 5.92 Å². The smallest absolute Gasteiger partial charge is 0.320 e. The quantitative estimate of drug-likeness (QED) is 0.431. The van der Waals surface area contributed by atoms with E-state index in [0.29, 0.717) is 6.54 Å². The molecule has 0 aromatic carbocycles. The minimum atomic E-state index is -0.190. The van der Waals surface area contributed by atoms with E-state index in [-0.39, 0.29) is 18.6 Å². The summed E-state index contributed by atoms with van der Waals surface area (Å²) in [6.07, 6.45) is 9.50. The number of nitrogens with one attached hydrogen (secondary N) is 1. The second kappa shape index (κ2) is 6.47. The van der Waals surface area contributed by atoms with Gasteiger partial charge in [-0.15, -0.1) is 6.42 Å². The van der Waals surface area contributed by atoms with Gasteiger partial charge in [-0.1, -0.05) is 12.8 Å². The molecular weight excluding hydrogens is 190 g/mol. The fourth-order valence-electron chi connectivity index (χ4n) is 1.81. The predicted octanol–water partition coefficient (Wildman–Crippen LogP) is 1.33. The standard InChI is InChI=1S/C12H19NO2/c1-3-8-13-9-12(14)15-11-6-4-10(2)5-7-11/h1,10-11,13H,4-9H2,2H3. The highest BCUT2D eigenvalue weighted by molar-refractivity contribution is 5.71. The Bertz CT molecular complexity index is 236. The Labute approximate surface area is 91.6 Å². The third kappa shape index (κ3) is 4.85. The Morgan fingerprint density at radius 3 is 2.73 bits per heavy atom. The average molecular weight is 209 g/mol. The molecule has 1 aliphatic carbocycles. The molecule has 84 valence electrons. The lowest BCUT2D eigenvalue weighted by Crippen LogP contribution is -2.30. The van der Waals surface area contributed by atoms with Crippen LogP contribution >= 0.6 is 0 Å². The lowest BCUT2D eigenvalue weighted by molar-refractivity contribution is -0.149. The van der Waals surface area contributed by atoms with E-state index in [2.05, 4.69) is 18.2 Å².